The van der Waals surface area contributed by atoms with Gasteiger partial charge >= 0.3 is 0 Å². The number of hydrogen-bond donors (Lipinski definition) is 2. The summed E-state index contributed by atoms with van der Waals surface area (Å²) in [5.74, 6) is 0.203. The highest BCUT2D eigenvalue weighted by molar-refractivity contribution is 8.02. The third kappa shape index (κ3) is 5.47. The molecule has 124 valence electrons. The Labute approximate surface area is 144 Å². The molecule has 0 bridgehead atoms. The predicted octanol–water partition coefficient (Wildman–Crippen LogP) is 2.80. The van der Waals surface area contributed by atoms with Gasteiger partial charge in [0.15, 0.2) is 4.34 Å². The number of anilines is 1. The lowest BCUT2D eigenvalue weighted by molar-refractivity contribution is -0.121. The first-order valence-electron chi connectivity index (χ1n) is 7.50. The zero-order valence-electron chi connectivity index (χ0n) is 13.4. The number of nitrogens with one attached hydrogen (secondary N) is 2. The minimum Gasteiger partial charge on any atom is -0.360 e. The summed E-state index contributed by atoms with van der Waals surface area (Å²) in [6, 6.07) is 3.80. The van der Waals surface area contributed by atoms with Crippen LogP contribution in [0.1, 0.15) is 26.3 Å². The van der Waals surface area contributed by atoms with Gasteiger partial charge in [0.25, 0.3) is 0 Å². The number of pyridine rings is 1. The van der Waals surface area contributed by atoms with Crippen LogP contribution in [0.15, 0.2) is 28.9 Å². The van der Waals surface area contributed by atoms with Gasteiger partial charge in [0, 0.05) is 25.5 Å². The lowest BCUT2D eigenvalue weighted by atomic mass is 10.1. The lowest BCUT2D eigenvalue weighted by Crippen LogP contribution is -2.35. The normalized spacial score (nSPS) is 12.2. The van der Waals surface area contributed by atoms with E-state index in [9.17, 15) is 4.79 Å². The number of amides is 1. The van der Waals surface area contributed by atoms with Gasteiger partial charge in [0.05, 0.1) is 5.25 Å². The second-order valence-corrected chi connectivity index (χ2v) is 7.63. The molecule has 0 saturated carbocycles. The van der Waals surface area contributed by atoms with Crippen molar-refractivity contribution in [2.75, 3.05) is 11.9 Å². The van der Waals surface area contributed by atoms with Crippen LogP contribution in [-0.2, 0) is 11.3 Å². The Bertz CT molecular complexity index is 617. The van der Waals surface area contributed by atoms with Crippen LogP contribution in [-0.4, -0.2) is 32.9 Å². The molecule has 2 aromatic heterocycles. The van der Waals surface area contributed by atoms with Crippen LogP contribution in [0.25, 0.3) is 0 Å². The Kier molecular flexibility index (Phi) is 6.79. The van der Waals surface area contributed by atoms with Gasteiger partial charge in [-0.1, -0.05) is 43.0 Å². The highest BCUT2D eigenvalue weighted by atomic mass is 32.2. The van der Waals surface area contributed by atoms with Crippen molar-refractivity contribution in [2.45, 2.75) is 36.9 Å². The summed E-state index contributed by atoms with van der Waals surface area (Å²) in [6.45, 7) is 7.37. The van der Waals surface area contributed by atoms with Crippen LogP contribution in [0, 0.1) is 5.92 Å². The molecule has 8 heteroatoms. The van der Waals surface area contributed by atoms with Crippen LogP contribution in [0.2, 0.25) is 0 Å². The summed E-state index contributed by atoms with van der Waals surface area (Å²) >= 11 is 2.94. The van der Waals surface area contributed by atoms with Crippen molar-refractivity contribution in [1.82, 2.24) is 20.5 Å². The summed E-state index contributed by atoms with van der Waals surface area (Å²) < 4.78 is 0.802. The van der Waals surface area contributed by atoms with E-state index in [2.05, 4.69) is 25.8 Å². The Morgan fingerprint density at radius 3 is 2.87 bits per heavy atom. The van der Waals surface area contributed by atoms with Gasteiger partial charge < -0.3 is 10.6 Å². The van der Waals surface area contributed by atoms with E-state index in [4.69, 9.17) is 0 Å². The second kappa shape index (κ2) is 8.83. The molecule has 1 amide bonds. The van der Waals surface area contributed by atoms with Crippen molar-refractivity contribution in [3.63, 3.8) is 0 Å². The molecule has 0 aromatic carbocycles. The smallest absolute Gasteiger partial charge is 0.234 e. The van der Waals surface area contributed by atoms with Crippen molar-refractivity contribution in [1.29, 1.82) is 0 Å². The number of hydrogen-bond acceptors (Lipinski definition) is 7. The molecule has 2 N–H and O–H groups in total. The zero-order valence-corrected chi connectivity index (χ0v) is 15.1. The maximum Gasteiger partial charge on any atom is 0.234 e. The van der Waals surface area contributed by atoms with Crippen LogP contribution in [0.5, 0.6) is 0 Å². The van der Waals surface area contributed by atoms with E-state index in [1.165, 1.54) is 23.1 Å². The van der Waals surface area contributed by atoms with Crippen molar-refractivity contribution in [3.05, 3.63) is 30.1 Å². The number of thioether (sulfide) groups is 1. The maximum atomic E-state index is 12.5. The van der Waals surface area contributed by atoms with Gasteiger partial charge in [-0.2, -0.15) is 0 Å². The van der Waals surface area contributed by atoms with Crippen molar-refractivity contribution in [2.24, 2.45) is 5.92 Å². The standard InChI is InChI=1S/C15H21N5OS2/c1-4-17-14-19-20-15(23-14)22-12(10(2)3)13(21)18-9-11-6-5-7-16-8-11/h5-8,10,12H,4,9H2,1-3H3,(H,17,19)(H,18,21). The molecule has 1 atom stereocenters. The molecule has 0 aliphatic heterocycles. The zero-order chi connectivity index (χ0) is 16.7. The monoisotopic (exact) mass is 351 g/mol. The quantitative estimate of drug-likeness (QED) is 0.712. The van der Waals surface area contributed by atoms with E-state index in [0.717, 1.165) is 21.6 Å². The van der Waals surface area contributed by atoms with E-state index in [1.54, 1.807) is 12.4 Å². The summed E-state index contributed by atoms with van der Waals surface area (Å²) in [7, 11) is 0. The molecule has 2 aromatic rings. The third-order valence-corrected chi connectivity index (χ3v) is 5.53. The molecule has 23 heavy (non-hydrogen) atoms. The number of carbonyl (C=O) groups is 1. The highest BCUT2D eigenvalue weighted by Gasteiger charge is 2.25. The van der Waals surface area contributed by atoms with Gasteiger partial charge in [-0.05, 0) is 24.5 Å². The molecule has 6 nitrogen and oxygen atoms in total. The van der Waals surface area contributed by atoms with Crippen LogP contribution < -0.4 is 10.6 Å². The number of rotatable bonds is 8. The van der Waals surface area contributed by atoms with Crippen molar-refractivity contribution in [3.8, 4) is 0 Å². The predicted molar refractivity (Wildman–Crippen MR) is 94.6 cm³/mol. The molecule has 0 fully saturated rings. The maximum absolute atomic E-state index is 12.5. The molecule has 1 unspecified atom stereocenters. The Balaban J connectivity index is 1.95. The summed E-state index contributed by atoms with van der Waals surface area (Å²) in [4.78, 5) is 16.5. The van der Waals surface area contributed by atoms with Crippen LogP contribution >= 0.6 is 23.1 Å². The number of aromatic nitrogens is 3. The first-order valence-corrected chi connectivity index (χ1v) is 9.20. The average Bonchev–Trinajstić information content (AvgIpc) is 2.99. The summed E-state index contributed by atoms with van der Waals surface area (Å²) in [5, 5.41) is 14.9. The number of carbonyl (C=O) groups excluding carboxylic acids is 1. The molecular weight excluding hydrogens is 330 g/mol. The molecule has 0 aliphatic carbocycles. The van der Waals surface area contributed by atoms with Gasteiger partial charge in [0.1, 0.15) is 0 Å². The number of nitrogens with zero attached hydrogens (tertiary/aromatic N) is 3. The fraction of sp³-hybridized carbons (Fsp3) is 0.467. The Morgan fingerprint density at radius 1 is 1.39 bits per heavy atom. The lowest BCUT2D eigenvalue weighted by Gasteiger charge is -2.18. The molecule has 0 radical (unpaired) electrons. The Morgan fingerprint density at radius 2 is 2.22 bits per heavy atom. The van der Waals surface area contributed by atoms with E-state index in [-0.39, 0.29) is 17.1 Å². The van der Waals surface area contributed by atoms with Gasteiger partial charge in [-0.3, -0.25) is 9.78 Å². The molecule has 2 rings (SSSR count). The van der Waals surface area contributed by atoms with Crippen molar-refractivity contribution < 1.29 is 4.79 Å². The molecule has 0 aliphatic rings. The largest absolute Gasteiger partial charge is 0.360 e. The summed E-state index contributed by atoms with van der Waals surface area (Å²) in [5.41, 5.74) is 0.985. The first kappa shape index (κ1) is 17.7. The second-order valence-electron chi connectivity index (χ2n) is 5.26. The van der Waals surface area contributed by atoms with Crippen molar-refractivity contribution >= 4 is 34.1 Å². The molecular formula is C15H21N5OS2. The third-order valence-electron chi connectivity index (χ3n) is 3.02. The van der Waals surface area contributed by atoms with E-state index >= 15 is 0 Å². The fourth-order valence-corrected chi connectivity index (χ4v) is 3.93. The minimum absolute atomic E-state index is 0.00838. The first-order chi connectivity index (χ1) is 11.1. The van der Waals surface area contributed by atoms with E-state index < -0.39 is 0 Å². The van der Waals surface area contributed by atoms with Gasteiger partial charge in [-0.25, -0.2) is 0 Å². The molecule has 2 heterocycles. The highest BCUT2D eigenvalue weighted by Crippen LogP contribution is 2.32. The van der Waals surface area contributed by atoms with E-state index in [1.807, 2.05) is 32.9 Å². The topological polar surface area (TPSA) is 79.8 Å². The van der Waals surface area contributed by atoms with Crippen LogP contribution in [0.3, 0.4) is 0 Å². The SMILES string of the molecule is CCNc1nnc(SC(C(=O)NCc2cccnc2)C(C)C)s1. The minimum atomic E-state index is -0.200. The fourth-order valence-electron chi connectivity index (χ4n) is 1.87. The summed E-state index contributed by atoms with van der Waals surface area (Å²) in [6.07, 6.45) is 3.47. The Hall–Kier alpha value is -1.67. The molecule has 0 saturated heterocycles. The average molecular weight is 352 g/mol. The van der Waals surface area contributed by atoms with E-state index in [0.29, 0.717) is 6.54 Å². The van der Waals surface area contributed by atoms with Crippen LogP contribution in [0.4, 0.5) is 5.13 Å². The van der Waals surface area contributed by atoms with Gasteiger partial charge in [0.2, 0.25) is 11.0 Å². The van der Waals surface area contributed by atoms with Gasteiger partial charge in [-0.15, -0.1) is 10.2 Å². The molecule has 0 spiro atoms.